The fourth-order valence-corrected chi connectivity index (χ4v) is 5.57. The maximum atomic E-state index is 14.8. The molecule has 3 aromatic carbocycles. The first-order valence-electron chi connectivity index (χ1n) is 12.8. The zero-order valence-electron chi connectivity index (χ0n) is 21.0. The molecule has 39 heavy (non-hydrogen) atoms. The number of aromatic nitrogens is 2. The Labute approximate surface area is 231 Å². The minimum atomic E-state index is -0.320. The van der Waals surface area contributed by atoms with Gasteiger partial charge in [-0.3, -0.25) is 9.78 Å². The fraction of sp³-hybridized carbons (Fsp3) is 0.129. The predicted octanol–water partition coefficient (Wildman–Crippen LogP) is 6.17. The lowest BCUT2D eigenvalue weighted by Gasteiger charge is -2.29. The molecule has 2 N–H and O–H groups in total. The number of amides is 1. The lowest BCUT2D eigenvalue weighted by Crippen LogP contribution is -2.33. The van der Waals surface area contributed by atoms with Gasteiger partial charge in [-0.1, -0.05) is 54.6 Å². The largest absolute Gasteiger partial charge is 0.352 e. The summed E-state index contributed by atoms with van der Waals surface area (Å²) >= 11 is 5.77. The Morgan fingerprint density at radius 2 is 1.74 bits per heavy atom. The van der Waals surface area contributed by atoms with Crippen molar-refractivity contribution in [2.24, 2.45) is 0 Å². The molecule has 0 saturated carbocycles. The zero-order valence-corrected chi connectivity index (χ0v) is 21.8. The van der Waals surface area contributed by atoms with Crippen LogP contribution >= 0.6 is 12.2 Å². The molecule has 1 fully saturated rings. The molecule has 0 spiro atoms. The Hall–Kier alpha value is -4.56. The number of carbonyl (C=O) groups is 1. The molecule has 1 aliphatic heterocycles. The quantitative estimate of drug-likeness (QED) is 0.244. The van der Waals surface area contributed by atoms with Crippen LogP contribution in [0.5, 0.6) is 0 Å². The Kier molecular flexibility index (Phi) is 6.77. The average Bonchev–Trinajstić information content (AvgIpc) is 3.57. The summed E-state index contributed by atoms with van der Waals surface area (Å²) in [6.45, 7) is 0.374. The third-order valence-electron chi connectivity index (χ3n) is 7.04. The molecule has 6 nitrogen and oxygen atoms in total. The molecule has 0 bridgehead atoms. The number of thiocarbonyl (C=S) groups is 1. The highest BCUT2D eigenvalue weighted by Crippen LogP contribution is 2.39. The van der Waals surface area contributed by atoms with E-state index in [4.69, 9.17) is 12.2 Å². The number of rotatable bonds is 7. The van der Waals surface area contributed by atoms with Gasteiger partial charge in [-0.2, -0.15) is 0 Å². The van der Waals surface area contributed by atoms with E-state index in [1.807, 2.05) is 94.5 Å². The standard InChI is InChI=1S/C31H26FN5OS/c32-23-12-3-4-15-26(23)36-19-8-16-27(36)30-29(25-13-5-6-18-33-25)35-31(39)37(30)20-17-28(38)34-24-14-7-10-21-9-1-2-11-22(21)24/h1-16,18-19,29-30H,17,20H2,(H,34,38)(H,35,39). The number of hydrogen-bond donors (Lipinski definition) is 2. The van der Waals surface area contributed by atoms with E-state index in [0.29, 0.717) is 17.3 Å². The van der Waals surface area contributed by atoms with Crippen LogP contribution in [0.15, 0.2) is 109 Å². The van der Waals surface area contributed by atoms with Crippen molar-refractivity contribution in [1.82, 2.24) is 19.8 Å². The summed E-state index contributed by atoms with van der Waals surface area (Å²) in [6, 6.07) is 29.5. The fourth-order valence-electron chi connectivity index (χ4n) is 5.24. The lowest BCUT2D eigenvalue weighted by atomic mass is 10.0. The van der Waals surface area contributed by atoms with Gasteiger partial charge < -0.3 is 20.1 Å². The number of fused-ring (bicyclic) bond motifs is 1. The van der Waals surface area contributed by atoms with Crippen LogP contribution in [0, 0.1) is 5.82 Å². The molecule has 2 aromatic heterocycles. The molecular weight excluding hydrogens is 509 g/mol. The summed E-state index contributed by atoms with van der Waals surface area (Å²) in [7, 11) is 0. The van der Waals surface area contributed by atoms with Gasteiger partial charge in [0.15, 0.2) is 5.11 Å². The van der Waals surface area contributed by atoms with Crippen molar-refractivity contribution < 1.29 is 9.18 Å². The molecule has 5 aromatic rings. The first kappa shape index (κ1) is 24.8. The van der Waals surface area contributed by atoms with Gasteiger partial charge in [0.1, 0.15) is 5.82 Å². The molecular formula is C31H26FN5OS. The topological polar surface area (TPSA) is 62.2 Å². The summed E-state index contributed by atoms with van der Waals surface area (Å²) < 4.78 is 16.7. The zero-order chi connectivity index (χ0) is 26.8. The highest BCUT2D eigenvalue weighted by atomic mass is 32.1. The van der Waals surface area contributed by atoms with Crippen LogP contribution in [0.2, 0.25) is 0 Å². The monoisotopic (exact) mass is 535 g/mol. The Bertz CT molecular complexity index is 1650. The van der Waals surface area contributed by atoms with E-state index < -0.39 is 0 Å². The second kappa shape index (κ2) is 10.7. The number of nitrogens with one attached hydrogen (secondary N) is 2. The summed E-state index contributed by atoms with van der Waals surface area (Å²) in [5.41, 5.74) is 2.88. The predicted molar refractivity (Wildman–Crippen MR) is 155 cm³/mol. The molecule has 2 unspecified atom stereocenters. The Morgan fingerprint density at radius 3 is 2.59 bits per heavy atom. The van der Waals surface area contributed by atoms with Crippen molar-refractivity contribution in [3.63, 3.8) is 0 Å². The minimum Gasteiger partial charge on any atom is -0.352 e. The van der Waals surface area contributed by atoms with Crippen LogP contribution < -0.4 is 10.6 Å². The molecule has 0 aliphatic carbocycles. The van der Waals surface area contributed by atoms with E-state index in [1.54, 1.807) is 18.3 Å². The molecule has 194 valence electrons. The maximum absolute atomic E-state index is 14.8. The van der Waals surface area contributed by atoms with Crippen molar-refractivity contribution in [2.45, 2.75) is 18.5 Å². The number of para-hydroxylation sites is 1. The Balaban J connectivity index is 1.30. The minimum absolute atomic E-state index is 0.112. The van der Waals surface area contributed by atoms with Crippen molar-refractivity contribution in [2.75, 3.05) is 11.9 Å². The average molecular weight is 536 g/mol. The van der Waals surface area contributed by atoms with E-state index >= 15 is 0 Å². The van der Waals surface area contributed by atoms with Crippen molar-refractivity contribution in [1.29, 1.82) is 0 Å². The number of carbonyl (C=O) groups excluding carboxylic acids is 1. The molecule has 6 rings (SSSR count). The number of pyridine rings is 1. The number of anilines is 1. The van der Waals surface area contributed by atoms with Gasteiger partial charge in [-0.25, -0.2) is 4.39 Å². The van der Waals surface area contributed by atoms with Crippen molar-refractivity contribution >= 4 is 39.7 Å². The summed E-state index contributed by atoms with van der Waals surface area (Å²) in [5.74, 6) is -0.433. The molecule has 0 radical (unpaired) electrons. The van der Waals surface area contributed by atoms with Crippen LogP contribution in [0.1, 0.15) is 29.9 Å². The third-order valence-corrected chi connectivity index (χ3v) is 7.39. The number of hydrogen-bond acceptors (Lipinski definition) is 3. The number of benzene rings is 3. The van der Waals surface area contributed by atoms with E-state index in [9.17, 15) is 9.18 Å². The molecule has 2 atom stereocenters. The smallest absolute Gasteiger partial charge is 0.226 e. The van der Waals surface area contributed by atoms with E-state index in [-0.39, 0.29) is 30.2 Å². The van der Waals surface area contributed by atoms with E-state index in [0.717, 1.165) is 27.8 Å². The maximum Gasteiger partial charge on any atom is 0.226 e. The SMILES string of the molecule is O=C(CCN1C(=S)NC(c2ccccn2)C1c1cccn1-c1ccccc1F)Nc1cccc2ccccc12. The van der Waals surface area contributed by atoms with Gasteiger partial charge in [0.2, 0.25) is 5.91 Å². The van der Waals surface area contributed by atoms with Crippen LogP contribution in [0.4, 0.5) is 10.1 Å². The summed E-state index contributed by atoms with van der Waals surface area (Å²) in [5, 5.41) is 9.04. The summed E-state index contributed by atoms with van der Waals surface area (Å²) in [6.07, 6.45) is 3.81. The molecule has 1 aliphatic rings. The highest BCUT2D eigenvalue weighted by molar-refractivity contribution is 7.80. The summed E-state index contributed by atoms with van der Waals surface area (Å²) in [4.78, 5) is 19.7. The molecule has 8 heteroatoms. The van der Waals surface area contributed by atoms with Gasteiger partial charge in [0.05, 0.1) is 23.5 Å². The van der Waals surface area contributed by atoms with Gasteiger partial charge in [0.25, 0.3) is 0 Å². The lowest BCUT2D eigenvalue weighted by molar-refractivity contribution is -0.116. The molecule has 3 heterocycles. The van der Waals surface area contributed by atoms with E-state index in [1.165, 1.54) is 6.07 Å². The number of halogens is 1. The second-order valence-electron chi connectivity index (χ2n) is 9.40. The Morgan fingerprint density at radius 1 is 0.949 bits per heavy atom. The molecule has 1 amide bonds. The van der Waals surface area contributed by atoms with Crippen molar-refractivity contribution in [3.05, 3.63) is 127 Å². The normalized spacial score (nSPS) is 16.8. The van der Waals surface area contributed by atoms with Crippen LogP contribution in [0.25, 0.3) is 16.5 Å². The second-order valence-corrected chi connectivity index (χ2v) is 9.79. The first-order valence-corrected chi connectivity index (χ1v) is 13.2. The van der Waals surface area contributed by atoms with Gasteiger partial charge in [-0.05, 0) is 60.1 Å². The third kappa shape index (κ3) is 4.86. The van der Waals surface area contributed by atoms with Gasteiger partial charge in [-0.15, -0.1) is 0 Å². The van der Waals surface area contributed by atoms with Crippen LogP contribution in [-0.4, -0.2) is 32.0 Å². The van der Waals surface area contributed by atoms with Crippen molar-refractivity contribution in [3.8, 4) is 5.69 Å². The number of nitrogens with zero attached hydrogens (tertiary/aromatic N) is 3. The highest BCUT2D eigenvalue weighted by Gasteiger charge is 2.41. The molecule has 1 saturated heterocycles. The van der Waals surface area contributed by atoms with Gasteiger partial charge in [0, 0.05) is 42.1 Å². The first-order chi connectivity index (χ1) is 19.1. The van der Waals surface area contributed by atoms with Crippen LogP contribution in [0.3, 0.4) is 0 Å². The van der Waals surface area contributed by atoms with Crippen LogP contribution in [-0.2, 0) is 4.79 Å². The van der Waals surface area contributed by atoms with E-state index in [2.05, 4.69) is 15.6 Å². The van der Waals surface area contributed by atoms with Gasteiger partial charge >= 0.3 is 0 Å².